The number of carbonyl (C=O) groups is 1. The van der Waals surface area contributed by atoms with E-state index in [0.29, 0.717) is 13.0 Å². The second-order valence-electron chi connectivity index (χ2n) is 5.64. The Labute approximate surface area is 114 Å². The van der Waals surface area contributed by atoms with Crippen LogP contribution in [0.3, 0.4) is 0 Å². The Morgan fingerprint density at radius 1 is 1.50 bits per heavy atom. The average molecular weight is 268 g/mol. The molecule has 0 saturated heterocycles. The normalized spacial score (nSPS) is 11.6. The summed E-state index contributed by atoms with van der Waals surface area (Å²) in [5.74, 6) is 0.180. The topological polar surface area (TPSA) is 46.3 Å². The van der Waals surface area contributed by atoms with Gasteiger partial charge in [0.1, 0.15) is 0 Å². The molecule has 1 heterocycles. The molecule has 1 aromatic rings. The quantitative estimate of drug-likeness (QED) is 0.861. The Morgan fingerprint density at radius 2 is 2.17 bits per heavy atom. The van der Waals surface area contributed by atoms with E-state index in [1.165, 1.54) is 10.4 Å². The minimum Gasteiger partial charge on any atom is -0.345 e. The van der Waals surface area contributed by atoms with Crippen LogP contribution >= 0.6 is 11.3 Å². The Bertz CT molecular complexity index is 398. The van der Waals surface area contributed by atoms with E-state index in [9.17, 15) is 4.79 Å². The lowest BCUT2D eigenvalue weighted by molar-refractivity contribution is -0.131. The molecule has 3 nitrogen and oxygen atoms in total. The smallest absolute Gasteiger partial charge is 0.222 e. The highest BCUT2D eigenvalue weighted by atomic mass is 32.1. The van der Waals surface area contributed by atoms with E-state index >= 15 is 0 Å². The summed E-state index contributed by atoms with van der Waals surface area (Å²) in [6.45, 7) is 7.49. The third-order valence-electron chi connectivity index (χ3n) is 3.25. The largest absolute Gasteiger partial charge is 0.345 e. The third kappa shape index (κ3) is 4.42. The molecule has 0 saturated carbocycles. The van der Waals surface area contributed by atoms with Gasteiger partial charge in [-0.25, -0.2) is 0 Å². The Morgan fingerprint density at radius 3 is 2.67 bits per heavy atom. The van der Waals surface area contributed by atoms with E-state index in [4.69, 9.17) is 5.73 Å². The Hall–Kier alpha value is -0.870. The molecular formula is C14H24N2OS. The summed E-state index contributed by atoms with van der Waals surface area (Å²) in [5.41, 5.74) is 6.87. The van der Waals surface area contributed by atoms with E-state index in [1.807, 2.05) is 25.8 Å². The first-order chi connectivity index (χ1) is 8.35. The molecule has 0 aromatic carbocycles. The van der Waals surface area contributed by atoms with Crippen LogP contribution in [0.5, 0.6) is 0 Å². The van der Waals surface area contributed by atoms with E-state index in [2.05, 4.69) is 18.4 Å². The van der Waals surface area contributed by atoms with Gasteiger partial charge < -0.3 is 10.6 Å². The molecule has 0 bridgehead atoms. The molecule has 0 spiro atoms. The summed E-state index contributed by atoms with van der Waals surface area (Å²) in [7, 11) is 1.87. The first kappa shape index (κ1) is 15.2. The summed E-state index contributed by atoms with van der Waals surface area (Å²) in [4.78, 5) is 15.2. The van der Waals surface area contributed by atoms with Crippen molar-refractivity contribution in [3.8, 4) is 0 Å². The molecule has 0 aliphatic carbocycles. The lowest BCUT2D eigenvalue weighted by Crippen LogP contribution is -2.35. The number of rotatable bonds is 6. The van der Waals surface area contributed by atoms with Crippen LogP contribution in [0.25, 0.3) is 0 Å². The van der Waals surface area contributed by atoms with Crippen LogP contribution in [0.15, 0.2) is 11.4 Å². The second-order valence-corrected chi connectivity index (χ2v) is 6.64. The lowest BCUT2D eigenvalue weighted by Gasteiger charge is -2.25. The maximum atomic E-state index is 12.0. The van der Waals surface area contributed by atoms with E-state index in [0.717, 1.165) is 13.0 Å². The van der Waals surface area contributed by atoms with Crippen molar-refractivity contribution in [2.45, 2.75) is 33.6 Å². The summed E-state index contributed by atoms with van der Waals surface area (Å²) in [6.07, 6.45) is 1.46. The van der Waals surface area contributed by atoms with Gasteiger partial charge in [-0.15, -0.1) is 11.3 Å². The SMILES string of the molecule is Cc1ccsc1CCN(C)C(=O)CC(C)(C)CN. The molecule has 18 heavy (non-hydrogen) atoms. The number of aryl methyl sites for hydroxylation is 1. The summed E-state index contributed by atoms with van der Waals surface area (Å²) >= 11 is 1.76. The standard InChI is InChI=1S/C14H24N2OS/c1-11-6-8-18-12(11)5-7-16(4)13(17)9-14(2,3)10-15/h6,8H,5,7,9-10,15H2,1-4H3. The van der Waals surface area contributed by atoms with Crippen molar-refractivity contribution >= 4 is 17.2 Å². The number of nitrogens with two attached hydrogens (primary N) is 1. The van der Waals surface area contributed by atoms with E-state index < -0.39 is 0 Å². The molecule has 1 aromatic heterocycles. The van der Waals surface area contributed by atoms with Gasteiger partial charge in [0.25, 0.3) is 0 Å². The predicted molar refractivity (Wildman–Crippen MR) is 77.8 cm³/mol. The number of amides is 1. The van der Waals surface area contributed by atoms with Gasteiger partial charge in [-0.2, -0.15) is 0 Å². The third-order valence-corrected chi connectivity index (χ3v) is 4.33. The fourth-order valence-electron chi connectivity index (χ4n) is 1.67. The van der Waals surface area contributed by atoms with Crippen LogP contribution < -0.4 is 5.73 Å². The number of likely N-dealkylation sites (N-methyl/N-ethyl adjacent to an activating group) is 1. The molecule has 102 valence electrons. The molecule has 0 radical (unpaired) electrons. The first-order valence-corrected chi connectivity index (χ1v) is 7.21. The van der Waals surface area contributed by atoms with Crippen molar-refractivity contribution < 1.29 is 4.79 Å². The van der Waals surface area contributed by atoms with Crippen LogP contribution in [0.2, 0.25) is 0 Å². The van der Waals surface area contributed by atoms with Gasteiger partial charge in [-0.05, 0) is 42.3 Å². The van der Waals surface area contributed by atoms with Gasteiger partial charge in [-0.1, -0.05) is 13.8 Å². The average Bonchev–Trinajstić information content (AvgIpc) is 2.71. The molecule has 0 fully saturated rings. The molecular weight excluding hydrogens is 244 g/mol. The summed E-state index contributed by atoms with van der Waals surface area (Å²) in [6, 6.07) is 2.12. The van der Waals surface area contributed by atoms with Crippen molar-refractivity contribution in [3.05, 3.63) is 21.9 Å². The van der Waals surface area contributed by atoms with Crippen molar-refractivity contribution in [1.29, 1.82) is 0 Å². The predicted octanol–water partition coefficient (Wildman–Crippen LogP) is 2.43. The molecule has 0 aliphatic rings. The zero-order valence-corrected chi connectivity index (χ0v) is 12.6. The molecule has 1 amide bonds. The molecule has 1 rings (SSSR count). The molecule has 0 unspecified atom stereocenters. The number of hydrogen-bond donors (Lipinski definition) is 1. The van der Waals surface area contributed by atoms with Crippen molar-refractivity contribution in [2.24, 2.45) is 11.1 Å². The van der Waals surface area contributed by atoms with Gasteiger partial charge in [0.05, 0.1) is 0 Å². The highest BCUT2D eigenvalue weighted by Gasteiger charge is 2.22. The molecule has 0 atom stereocenters. The first-order valence-electron chi connectivity index (χ1n) is 6.33. The second kappa shape index (κ2) is 6.34. The fourth-order valence-corrected chi connectivity index (χ4v) is 2.57. The van der Waals surface area contributed by atoms with Crippen molar-refractivity contribution in [2.75, 3.05) is 20.1 Å². The Kier molecular flexibility index (Phi) is 5.35. The summed E-state index contributed by atoms with van der Waals surface area (Å²) < 4.78 is 0. The monoisotopic (exact) mass is 268 g/mol. The van der Waals surface area contributed by atoms with E-state index in [1.54, 1.807) is 11.3 Å². The van der Waals surface area contributed by atoms with Crippen molar-refractivity contribution in [1.82, 2.24) is 4.90 Å². The number of hydrogen-bond acceptors (Lipinski definition) is 3. The fraction of sp³-hybridized carbons (Fsp3) is 0.643. The lowest BCUT2D eigenvalue weighted by atomic mass is 9.89. The maximum absolute atomic E-state index is 12.0. The van der Waals surface area contributed by atoms with Gasteiger partial charge in [0.2, 0.25) is 5.91 Å². The molecule has 2 N–H and O–H groups in total. The minimum atomic E-state index is -0.107. The van der Waals surface area contributed by atoms with Gasteiger partial charge in [0.15, 0.2) is 0 Å². The Balaban J connectivity index is 2.43. The summed E-state index contributed by atoms with van der Waals surface area (Å²) in [5, 5.41) is 2.10. The molecule has 4 heteroatoms. The van der Waals surface area contributed by atoms with Gasteiger partial charge >= 0.3 is 0 Å². The minimum absolute atomic E-state index is 0.107. The number of nitrogens with zero attached hydrogens (tertiary/aromatic N) is 1. The van der Waals surface area contributed by atoms with Gasteiger partial charge in [0, 0.05) is 24.9 Å². The van der Waals surface area contributed by atoms with Crippen LogP contribution in [0.4, 0.5) is 0 Å². The zero-order valence-electron chi connectivity index (χ0n) is 11.8. The van der Waals surface area contributed by atoms with Crippen LogP contribution in [0.1, 0.15) is 30.7 Å². The number of thiophene rings is 1. The van der Waals surface area contributed by atoms with Crippen molar-refractivity contribution in [3.63, 3.8) is 0 Å². The van der Waals surface area contributed by atoms with Gasteiger partial charge in [-0.3, -0.25) is 4.79 Å². The zero-order chi connectivity index (χ0) is 13.8. The number of carbonyl (C=O) groups excluding carboxylic acids is 1. The van der Waals surface area contributed by atoms with E-state index in [-0.39, 0.29) is 11.3 Å². The van der Waals surface area contributed by atoms with Crippen LogP contribution in [0, 0.1) is 12.3 Å². The molecule has 0 aliphatic heterocycles. The van der Waals surface area contributed by atoms with Crippen LogP contribution in [-0.2, 0) is 11.2 Å². The van der Waals surface area contributed by atoms with Crippen LogP contribution in [-0.4, -0.2) is 30.9 Å². The maximum Gasteiger partial charge on any atom is 0.222 e. The highest BCUT2D eigenvalue weighted by Crippen LogP contribution is 2.20. The highest BCUT2D eigenvalue weighted by molar-refractivity contribution is 7.10.